The van der Waals surface area contributed by atoms with E-state index in [1.54, 1.807) is 0 Å². The Kier molecular flexibility index (Phi) is 5.15. The van der Waals surface area contributed by atoms with E-state index in [0.717, 1.165) is 0 Å². The molecule has 1 saturated carbocycles. The maximum absolute atomic E-state index is 13.6. The van der Waals surface area contributed by atoms with E-state index >= 15 is 0 Å². The van der Waals surface area contributed by atoms with E-state index in [-0.39, 0.29) is 24.8 Å². The van der Waals surface area contributed by atoms with E-state index in [1.165, 1.54) is 18.2 Å². The van der Waals surface area contributed by atoms with Gasteiger partial charge in [0.25, 0.3) is 0 Å². The molecule has 1 aliphatic carbocycles. The Hall–Kier alpha value is -0.810. The Morgan fingerprint density at radius 1 is 1.29 bits per heavy atom. The van der Waals surface area contributed by atoms with Crippen LogP contribution in [0.25, 0.3) is 0 Å². The van der Waals surface area contributed by atoms with E-state index in [9.17, 15) is 22.7 Å². The summed E-state index contributed by atoms with van der Waals surface area (Å²) in [6, 6.07) is 4.00. The van der Waals surface area contributed by atoms with Crippen molar-refractivity contribution in [2.24, 2.45) is 11.8 Å². The second-order valence-electron chi connectivity index (χ2n) is 5.67. The van der Waals surface area contributed by atoms with Gasteiger partial charge in [-0.15, -0.1) is 0 Å². The summed E-state index contributed by atoms with van der Waals surface area (Å²) in [5.74, 6) is -2.32. The molecule has 1 nitrogen and oxygen atoms in total. The summed E-state index contributed by atoms with van der Waals surface area (Å²) in [5, 5.41) is 10.5. The number of halogens is 5. The average molecular weight is 325 g/mol. The number of aliphatic hydroxyl groups excluding tert-OH is 1. The maximum atomic E-state index is 13.6. The quantitative estimate of drug-likeness (QED) is 0.795. The summed E-state index contributed by atoms with van der Waals surface area (Å²) in [7, 11) is 0. The van der Waals surface area contributed by atoms with Crippen molar-refractivity contribution in [3.8, 4) is 0 Å². The van der Waals surface area contributed by atoms with Crippen molar-refractivity contribution in [3.05, 3.63) is 34.6 Å². The lowest BCUT2D eigenvalue weighted by molar-refractivity contribution is -0.188. The summed E-state index contributed by atoms with van der Waals surface area (Å²) in [6.07, 6.45) is -4.23. The fraction of sp³-hybridized carbons (Fsp3) is 0.600. The molecular weight excluding hydrogens is 308 g/mol. The number of hydrogen-bond donors (Lipinski definition) is 1. The van der Waals surface area contributed by atoms with Gasteiger partial charge >= 0.3 is 6.18 Å². The highest BCUT2D eigenvalue weighted by Crippen LogP contribution is 2.41. The Morgan fingerprint density at radius 2 is 2.00 bits per heavy atom. The number of alkyl halides is 3. The van der Waals surface area contributed by atoms with Crippen LogP contribution in [0.15, 0.2) is 18.2 Å². The van der Waals surface area contributed by atoms with Crippen molar-refractivity contribution in [2.75, 3.05) is 0 Å². The van der Waals surface area contributed by atoms with Gasteiger partial charge in [0.2, 0.25) is 0 Å². The van der Waals surface area contributed by atoms with Crippen LogP contribution in [0.5, 0.6) is 0 Å². The molecule has 0 spiro atoms. The normalized spacial score (nSPS) is 24.9. The zero-order valence-electron chi connectivity index (χ0n) is 11.3. The van der Waals surface area contributed by atoms with E-state index in [4.69, 9.17) is 11.6 Å². The first-order valence-corrected chi connectivity index (χ1v) is 7.34. The standard InChI is InChI=1S/C15H17ClF4O/c16-12-4-5-13(17)10(7-12)8-14(21)9-2-1-3-11(6-9)15(18,19)20/h4-5,7,9,11,14,21H,1-3,6,8H2. The third-order valence-electron chi connectivity index (χ3n) is 4.16. The van der Waals surface area contributed by atoms with E-state index in [2.05, 4.69) is 0 Å². The number of rotatable bonds is 3. The molecule has 0 saturated heterocycles. The zero-order valence-corrected chi connectivity index (χ0v) is 12.1. The SMILES string of the molecule is OC(Cc1cc(Cl)ccc1F)C1CCCC(C(F)(F)F)C1. The van der Waals surface area contributed by atoms with Crippen LogP contribution >= 0.6 is 11.6 Å². The van der Waals surface area contributed by atoms with Crippen LogP contribution in [-0.2, 0) is 6.42 Å². The highest BCUT2D eigenvalue weighted by molar-refractivity contribution is 6.30. The first-order chi connectivity index (χ1) is 9.77. The van der Waals surface area contributed by atoms with Crippen LogP contribution in [0.3, 0.4) is 0 Å². The highest BCUT2D eigenvalue weighted by Gasteiger charge is 2.43. The fourth-order valence-corrected chi connectivity index (χ4v) is 3.16. The molecule has 1 aromatic rings. The predicted octanol–water partition coefficient (Wildman–Crippen LogP) is 4.75. The summed E-state index contributed by atoms with van der Waals surface area (Å²) < 4.78 is 51.9. The van der Waals surface area contributed by atoms with Gasteiger partial charge in [-0.25, -0.2) is 4.39 Å². The molecule has 3 atom stereocenters. The van der Waals surface area contributed by atoms with Crippen molar-refractivity contribution < 1.29 is 22.7 Å². The van der Waals surface area contributed by atoms with Gasteiger partial charge in [0.1, 0.15) is 5.82 Å². The van der Waals surface area contributed by atoms with Gasteiger partial charge in [0, 0.05) is 11.4 Å². The molecule has 1 aromatic carbocycles. The molecule has 1 fully saturated rings. The molecule has 21 heavy (non-hydrogen) atoms. The minimum Gasteiger partial charge on any atom is -0.392 e. The van der Waals surface area contributed by atoms with Crippen LogP contribution in [0.4, 0.5) is 17.6 Å². The van der Waals surface area contributed by atoms with Gasteiger partial charge in [-0.3, -0.25) is 0 Å². The number of hydrogen-bond acceptors (Lipinski definition) is 1. The lowest BCUT2D eigenvalue weighted by Gasteiger charge is -2.33. The number of benzene rings is 1. The van der Waals surface area contributed by atoms with Crippen molar-refractivity contribution in [3.63, 3.8) is 0 Å². The van der Waals surface area contributed by atoms with Crippen molar-refractivity contribution in [2.45, 2.75) is 44.4 Å². The second-order valence-corrected chi connectivity index (χ2v) is 6.11. The van der Waals surface area contributed by atoms with E-state index in [0.29, 0.717) is 17.9 Å². The van der Waals surface area contributed by atoms with Gasteiger partial charge in [-0.2, -0.15) is 13.2 Å². The summed E-state index contributed by atoms with van der Waals surface area (Å²) >= 11 is 5.77. The topological polar surface area (TPSA) is 20.2 Å². The Labute approximate surface area is 125 Å². The van der Waals surface area contributed by atoms with Gasteiger partial charge in [-0.05, 0) is 48.9 Å². The molecule has 2 rings (SSSR count). The Bertz CT molecular complexity index is 489. The van der Waals surface area contributed by atoms with E-state index in [1.807, 2.05) is 0 Å². The van der Waals surface area contributed by atoms with Crippen LogP contribution in [-0.4, -0.2) is 17.4 Å². The molecule has 0 radical (unpaired) electrons. The van der Waals surface area contributed by atoms with Crippen LogP contribution in [0.2, 0.25) is 5.02 Å². The van der Waals surface area contributed by atoms with Crippen molar-refractivity contribution in [1.29, 1.82) is 0 Å². The predicted molar refractivity (Wildman–Crippen MR) is 72.6 cm³/mol. The summed E-state index contributed by atoms with van der Waals surface area (Å²) in [5.41, 5.74) is 0.240. The number of aliphatic hydroxyl groups is 1. The van der Waals surface area contributed by atoms with E-state index < -0.39 is 29.9 Å². The first kappa shape index (κ1) is 16.6. The lowest BCUT2D eigenvalue weighted by atomic mass is 9.77. The lowest BCUT2D eigenvalue weighted by Crippen LogP contribution is -2.34. The Balaban J connectivity index is 2.02. The van der Waals surface area contributed by atoms with Gasteiger partial charge in [-0.1, -0.05) is 18.0 Å². The molecule has 0 heterocycles. The minimum atomic E-state index is -4.22. The maximum Gasteiger partial charge on any atom is 0.391 e. The Morgan fingerprint density at radius 3 is 2.67 bits per heavy atom. The third-order valence-corrected chi connectivity index (χ3v) is 4.39. The summed E-state index contributed by atoms with van der Waals surface area (Å²) in [6.45, 7) is 0. The molecule has 3 unspecified atom stereocenters. The fourth-order valence-electron chi connectivity index (χ4n) is 2.97. The van der Waals surface area contributed by atoms with Crippen molar-refractivity contribution >= 4 is 11.6 Å². The highest BCUT2D eigenvalue weighted by atomic mass is 35.5. The minimum absolute atomic E-state index is 0.0123. The molecule has 1 N–H and O–H groups in total. The van der Waals surface area contributed by atoms with Gasteiger partial charge in [0.05, 0.1) is 12.0 Å². The summed E-state index contributed by atoms with van der Waals surface area (Å²) in [4.78, 5) is 0. The third kappa shape index (κ3) is 4.33. The smallest absolute Gasteiger partial charge is 0.391 e. The molecule has 0 amide bonds. The van der Waals surface area contributed by atoms with Crippen LogP contribution in [0, 0.1) is 17.7 Å². The average Bonchev–Trinajstić information content (AvgIpc) is 2.42. The van der Waals surface area contributed by atoms with Crippen LogP contribution < -0.4 is 0 Å². The second kappa shape index (κ2) is 6.53. The molecule has 1 aliphatic rings. The molecule has 0 bridgehead atoms. The monoisotopic (exact) mass is 324 g/mol. The molecule has 0 aliphatic heterocycles. The van der Waals surface area contributed by atoms with Gasteiger partial charge < -0.3 is 5.11 Å². The molecule has 118 valence electrons. The molecule has 0 aromatic heterocycles. The largest absolute Gasteiger partial charge is 0.392 e. The first-order valence-electron chi connectivity index (χ1n) is 6.96. The van der Waals surface area contributed by atoms with Gasteiger partial charge in [0.15, 0.2) is 0 Å². The zero-order chi connectivity index (χ0) is 15.6. The van der Waals surface area contributed by atoms with Crippen molar-refractivity contribution in [1.82, 2.24) is 0 Å². The molecule has 6 heteroatoms. The molecular formula is C15H17ClF4O. The van der Waals surface area contributed by atoms with Crippen LogP contribution in [0.1, 0.15) is 31.2 Å².